The molecule has 26 heavy (non-hydrogen) atoms. The van der Waals surface area contributed by atoms with Crippen LogP contribution in [0.2, 0.25) is 5.02 Å². The average Bonchev–Trinajstić information content (AvgIpc) is 3.07. The number of likely N-dealkylation sites (tertiary alicyclic amines) is 1. The number of hydrogen-bond acceptors (Lipinski definition) is 3. The number of ether oxygens (including phenoxy) is 2. The first-order valence-corrected chi connectivity index (χ1v) is 9.25. The van der Waals surface area contributed by atoms with Crippen LogP contribution in [0, 0.1) is 5.92 Å². The van der Waals surface area contributed by atoms with Crippen molar-refractivity contribution in [3.05, 3.63) is 28.8 Å². The van der Waals surface area contributed by atoms with Crippen LogP contribution in [-0.2, 0) is 11.3 Å². The van der Waals surface area contributed by atoms with Crippen molar-refractivity contribution in [1.82, 2.24) is 10.2 Å². The monoisotopic (exact) mass is 389 g/mol. The van der Waals surface area contributed by atoms with Crippen LogP contribution in [0.15, 0.2) is 23.2 Å². The molecule has 1 aromatic carbocycles. The molecule has 1 heterocycles. The lowest BCUT2D eigenvalue weighted by atomic mass is 10.1. The SMILES string of the molecule is CCNC(=NCc1cc(Cl)ccc1OC(F)F)N1CCC(COCC)C1. The highest BCUT2D eigenvalue weighted by Crippen LogP contribution is 2.25. The number of guanidine groups is 1. The molecule has 1 fully saturated rings. The number of hydrogen-bond donors (Lipinski definition) is 1. The maximum Gasteiger partial charge on any atom is 0.387 e. The van der Waals surface area contributed by atoms with Gasteiger partial charge in [0.05, 0.1) is 13.2 Å². The molecular formula is C18H26ClF2N3O2. The number of aliphatic imine (C=N–C) groups is 1. The van der Waals surface area contributed by atoms with Crippen LogP contribution >= 0.6 is 11.6 Å². The molecule has 8 heteroatoms. The van der Waals surface area contributed by atoms with Gasteiger partial charge in [0.2, 0.25) is 0 Å². The van der Waals surface area contributed by atoms with E-state index in [-0.39, 0.29) is 12.3 Å². The Hall–Kier alpha value is -1.60. The minimum atomic E-state index is -2.88. The Morgan fingerprint density at radius 3 is 2.92 bits per heavy atom. The van der Waals surface area contributed by atoms with Crippen LogP contribution in [0.1, 0.15) is 25.8 Å². The minimum absolute atomic E-state index is 0.0969. The third-order valence-corrected chi connectivity index (χ3v) is 4.35. The predicted octanol–water partition coefficient (Wildman–Crippen LogP) is 3.77. The largest absolute Gasteiger partial charge is 0.434 e. The highest BCUT2D eigenvalue weighted by Gasteiger charge is 2.25. The Balaban J connectivity index is 2.08. The quantitative estimate of drug-likeness (QED) is 0.543. The number of benzene rings is 1. The van der Waals surface area contributed by atoms with Crippen molar-refractivity contribution in [3.63, 3.8) is 0 Å². The molecule has 2 rings (SSSR count). The summed E-state index contributed by atoms with van der Waals surface area (Å²) in [6.07, 6.45) is 1.04. The Bertz CT molecular complexity index is 602. The summed E-state index contributed by atoms with van der Waals surface area (Å²) in [5.74, 6) is 1.33. The number of halogens is 3. The fourth-order valence-corrected chi connectivity index (χ4v) is 3.11. The Kier molecular flexibility index (Phi) is 8.38. The van der Waals surface area contributed by atoms with Gasteiger partial charge in [-0.2, -0.15) is 8.78 Å². The summed E-state index contributed by atoms with van der Waals surface area (Å²) >= 11 is 5.99. The summed E-state index contributed by atoms with van der Waals surface area (Å²) in [6, 6.07) is 4.57. The van der Waals surface area contributed by atoms with Gasteiger partial charge in [-0.15, -0.1) is 0 Å². The van der Waals surface area contributed by atoms with E-state index in [2.05, 4.69) is 19.9 Å². The Morgan fingerprint density at radius 1 is 1.42 bits per heavy atom. The highest BCUT2D eigenvalue weighted by molar-refractivity contribution is 6.30. The molecule has 0 spiro atoms. The molecular weight excluding hydrogens is 364 g/mol. The lowest BCUT2D eigenvalue weighted by Crippen LogP contribution is -2.40. The second kappa shape index (κ2) is 10.5. The van der Waals surface area contributed by atoms with Gasteiger partial charge in [0, 0.05) is 42.7 Å². The molecule has 1 aromatic rings. The second-order valence-electron chi connectivity index (χ2n) is 6.06. The molecule has 1 atom stereocenters. The third kappa shape index (κ3) is 6.29. The molecule has 5 nitrogen and oxygen atoms in total. The minimum Gasteiger partial charge on any atom is -0.434 e. The average molecular weight is 390 g/mol. The summed E-state index contributed by atoms with van der Waals surface area (Å²) < 4.78 is 35.3. The highest BCUT2D eigenvalue weighted by atomic mass is 35.5. The summed E-state index contributed by atoms with van der Waals surface area (Å²) in [6.45, 7) is 5.24. The van der Waals surface area contributed by atoms with Crippen molar-refractivity contribution in [2.24, 2.45) is 10.9 Å². The molecule has 0 amide bonds. The van der Waals surface area contributed by atoms with E-state index in [0.29, 0.717) is 23.1 Å². The van der Waals surface area contributed by atoms with E-state index in [1.54, 1.807) is 6.07 Å². The second-order valence-corrected chi connectivity index (χ2v) is 6.50. The summed E-state index contributed by atoms with van der Waals surface area (Å²) in [4.78, 5) is 6.77. The van der Waals surface area contributed by atoms with E-state index in [9.17, 15) is 8.78 Å². The van der Waals surface area contributed by atoms with Crippen LogP contribution in [0.25, 0.3) is 0 Å². The lowest BCUT2D eigenvalue weighted by molar-refractivity contribution is -0.0504. The summed E-state index contributed by atoms with van der Waals surface area (Å²) in [5.41, 5.74) is 0.526. The molecule has 146 valence electrons. The van der Waals surface area contributed by atoms with Crippen LogP contribution < -0.4 is 10.1 Å². The Morgan fingerprint density at radius 2 is 2.23 bits per heavy atom. The fraction of sp³-hybridized carbons (Fsp3) is 0.611. The van der Waals surface area contributed by atoms with Crippen molar-refractivity contribution in [2.45, 2.75) is 33.4 Å². The topological polar surface area (TPSA) is 46.1 Å². The van der Waals surface area contributed by atoms with Gasteiger partial charge in [0.1, 0.15) is 5.75 Å². The summed E-state index contributed by atoms with van der Waals surface area (Å²) in [5, 5.41) is 3.72. The lowest BCUT2D eigenvalue weighted by Gasteiger charge is -2.22. The molecule has 0 saturated carbocycles. The van der Waals surface area contributed by atoms with E-state index in [4.69, 9.17) is 16.3 Å². The zero-order valence-electron chi connectivity index (χ0n) is 15.2. The smallest absolute Gasteiger partial charge is 0.387 e. The first kappa shape index (κ1) is 20.7. The molecule has 0 radical (unpaired) electrons. The standard InChI is InChI=1S/C18H26ClF2N3O2/c1-3-22-18(24-8-7-13(11-24)12-25-4-2)23-10-14-9-15(19)5-6-16(14)26-17(20)21/h5-6,9,13,17H,3-4,7-8,10-12H2,1-2H3,(H,22,23). The van der Waals surface area contributed by atoms with Gasteiger partial charge in [-0.25, -0.2) is 4.99 Å². The van der Waals surface area contributed by atoms with Gasteiger partial charge in [-0.3, -0.25) is 0 Å². The normalized spacial score (nSPS) is 17.8. The maximum absolute atomic E-state index is 12.6. The van der Waals surface area contributed by atoms with Crippen LogP contribution in [0.5, 0.6) is 5.75 Å². The van der Waals surface area contributed by atoms with Gasteiger partial charge in [-0.05, 0) is 38.5 Å². The summed E-state index contributed by atoms with van der Waals surface area (Å²) in [7, 11) is 0. The predicted molar refractivity (Wildman–Crippen MR) is 99.1 cm³/mol. The van der Waals surface area contributed by atoms with E-state index in [1.807, 2.05) is 13.8 Å². The molecule has 1 N–H and O–H groups in total. The molecule has 0 aromatic heterocycles. The number of rotatable bonds is 8. The molecule has 1 saturated heterocycles. The molecule has 0 bridgehead atoms. The van der Waals surface area contributed by atoms with E-state index < -0.39 is 6.61 Å². The van der Waals surface area contributed by atoms with E-state index in [0.717, 1.165) is 38.6 Å². The van der Waals surface area contributed by atoms with Gasteiger partial charge in [0.15, 0.2) is 5.96 Å². The van der Waals surface area contributed by atoms with Crippen LogP contribution in [0.4, 0.5) is 8.78 Å². The fourth-order valence-electron chi connectivity index (χ4n) is 2.91. The van der Waals surface area contributed by atoms with E-state index >= 15 is 0 Å². The molecule has 1 aliphatic heterocycles. The van der Waals surface area contributed by atoms with E-state index in [1.165, 1.54) is 12.1 Å². The Labute approximate surface area is 158 Å². The van der Waals surface area contributed by atoms with Crippen molar-refractivity contribution in [3.8, 4) is 5.75 Å². The zero-order chi connectivity index (χ0) is 18.9. The third-order valence-electron chi connectivity index (χ3n) is 4.12. The molecule has 1 aliphatic rings. The number of nitrogens with zero attached hydrogens (tertiary/aromatic N) is 2. The first-order valence-electron chi connectivity index (χ1n) is 8.87. The first-order chi connectivity index (χ1) is 12.5. The van der Waals surface area contributed by atoms with Gasteiger partial charge in [-0.1, -0.05) is 11.6 Å². The number of nitrogens with one attached hydrogen (secondary N) is 1. The maximum atomic E-state index is 12.6. The van der Waals surface area contributed by atoms with Crippen molar-refractivity contribution < 1.29 is 18.3 Å². The van der Waals surface area contributed by atoms with Crippen LogP contribution in [-0.4, -0.2) is 50.3 Å². The van der Waals surface area contributed by atoms with Crippen LogP contribution in [0.3, 0.4) is 0 Å². The van der Waals surface area contributed by atoms with Gasteiger partial charge < -0.3 is 19.7 Å². The van der Waals surface area contributed by atoms with Crippen molar-refractivity contribution in [2.75, 3.05) is 32.8 Å². The molecule has 1 unspecified atom stereocenters. The van der Waals surface area contributed by atoms with Crippen molar-refractivity contribution in [1.29, 1.82) is 0 Å². The van der Waals surface area contributed by atoms with Gasteiger partial charge in [0.25, 0.3) is 0 Å². The van der Waals surface area contributed by atoms with Gasteiger partial charge >= 0.3 is 6.61 Å². The molecule has 0 aliphatic carbocycles. The van der Waals surface area contributed by atoms with Crippen molar-refractivity contribution >= 4 is 17.6 Å². The zero-order valence-corrected chi connectivity index (χ0v) is 15.9. The number of alkyl halides is 2.